The Morgan fingerprint density at radius 2 is 1.85 bits per heavy atom. The van der Waals surface area contributed by atoms with Crippen LogP contribution in [0.3, 0.4) is 0 Å². The SMILES string of the molecule is CC(N)C(c1ccccc1Br)N1CCC(N(C)C)CC1. The van der Waals surface area contributed by atoms with Gasteiger partial charge in [0.15, 0.2) is 0 Å². The number of benzene rings is 1. The Morgan fingerprint density at radius 3 is 2.35 bits per heavy atom. The lowest BCUT2D eigenvalue weighted by molar-refractivity contribution is 0.0980. The van der Waals surface area contributed by atoms with E-state index in [0.29, 0.717) is 12.1 Å². The Bertz CT molecular complexity index is 425. The van der Waals surface area contributed by atoms with Crippen molar-refractivity contribution in [3.8, 4) is 0 Å². The fraction of sp³-hybridized carbons (Fsp3) is 0.625. The Kier molecular flexibility index (Phi) is 5.61. The van der Waals surface area contributed by atoms with Crippen LogP contribution in [0.4, 0.5) is 0 Å². The maximum atomic E-state index is 6.29. The third-order valence-corrected chi connectivity index (χ3v) is 5.07. The third-order valence-electron chi connectivity index (χ3n) is 4.34. The molecule has 20 heavy (non-hydrogen) atoms. The van der Waals surface area contributed by atoms with Crippen molar-refractivity contribution < 1.29 is 0 Å². The predicted octanol–water partition coefficient (Wildman–Crippen LogP) is 2.86. The van der Waals surface area contributed by atoms with Crippen molar-refractivity contribution in [1.29, 1.82) is 0 Å². The molecule has 0 saturated carbocycles. The average molecular weight is 340 g/mol. The molecule has 1 saturated heterocycles. The molecule has 112 valence electrons. The molecule has 0 bridgehead atoms. The van der Waals surface area contributed by atoms with Crippen molar-refractivity contribution in [3.63, 3.8) is 0 Å². The van der Waals surface area contributed by atoms with E-state index in [-0.39, 0.29) is 6.04 Å². The van der Waals surface area contributed by atoms with Crippen molar-refractivity contribution in [2.24, 2.45) is 5.73 Å². The highest BCUT2D eigenvalue weighted by Gasteiger charge is 2.29. The minimum absolute atomic E-state index is 0.129. The lowest BCUT2D eigenvalue weighted by Gasteiger charge is -2.41. The minimum atomic E-state index is 0.129. The summed E-state index contributed by atoms with van der Waals surface area (Å²) in [4.78, 5) is 4.89. The first-order chi connectivity index (χ1) is 9.50. The first kappa shape index (κ1) is 16.0. The molecule has 1 heterocycles. The minimum Gasteiger partial charge on any atom is -0.326 e. The molecule has 0 radical (unpaired) electrons. The van der Waals surface area contributed by atoms with E-state index in [4.69, 9.17) is 5.73 Å². The van der Waals surface area contributed by atoms with E-state index in [2.05, 4.69) is 71.0 Å². The Balaban J connectivity index is 2.13. The van der Waals surface area contributed by atoms with Crippen LogP contribution in [0.1, 0.15) is 31.4 Å². The molecule has 1 fully saturated rings. The highest BCUT2D eigenvalue weighted by atomic mass is 79.9. The second-order valence-electron chi connectivity index (χ2n) is 6.06. The molecule has 0 aromatic heterocycles. The molecule has 2 rings (SSSR count). The summed E-state index contributed by atoms with van der Waals surface area (Å²) in [5, 5.41) is 0. The molecule has 3 nitrogen and oxygen atoms in total. The van der Waals surface area contributed by atoms with Crippen LogP contribution in [-0.4, -0.2) is 49.1 Å². The molecule has 4 heteroatoms. The number of likely N-dealkylation sites (tertiary alicyclic amines) is 1. The van der Waals surface area contributed by atoms with Gasteiger partial charge in [0.2, 0.25) is 0 Å². The second kappa shape index (κ2) is 7.03. The van der Waals surface area contributed by atoms with Gasteiger partial charge in [0.25, 0.3) is 0 Å². The van der Waals surface area contributed by atoms with Crippen LogP contribution in [-0.2, 0) is 0 Å². The lowest BCUT2D eigenvalue weighted by atomic mass is 9.95. The van der Waals surface area contributed by atoms with Gasteiger partial charge in [-0.25, -0.2) is 0 Å². The number of rotatable bonds is 4. The number of nitrogens with two attached hydrogens (primary N) is 1. The Hall–Kier alpha value is -0.420. The summed E-state index contributed by atoms with van der Waals surface area (Å²) in [6.45, 7) is 4.36. The van der Waals surface area contributed by atoms with Crippen LogP contribution in [0, 0.1) is 0 Å². The van der Waals surface area contributed by atoms with E-state index in [1.54, 1.807) is 0 Å². The molecule has 1 aliphatic rings. The highest BCUT2D eigenvalue weighted by Crippen LogP contribution is 2.32. The van der Waals surface area contributed by atoms with Gasteiger partial charge in [-0.2, -0.15) is 0 Å². The Labute approximate surface area is 131 Å². The number of piperidine rings is 1. The summed E-state index contributed by atoms with van der Waals surface area (Å²) in [6.07, 6.45) is 2.45. The molecule has 2 unspecified atom stereocenters. The normalized spacial score (nSPS) is 21.1. The van der Waals surface area contributed by atoms with Crippen LogP contribution in [0.25, 0.3) is 0 Å². The lowest BCUT2D eigenvalue weighted by Crippen LogP contribution is -2.47. The molecule has 1 aliphatic heterocycles. The first-order valence-corrected chi connectivity index (χ1v) is 8.20. The molecule has 1 aromatic rings. The van der Waals surface area contributed by atoms with Gasteiger partial charge in [-0.15, -0.1) is 0 Å². The largest absolute Gasteiger partial charge is 0.326 e. The molecule has 0 amide bonds. The smallest absolute Gasteiger partial charge is 0.0507 e. The van der Waals surface area contributed by atoms with E-state index in [0.717, 1.165) is 17.6 Å². The maximum absolute atomic E-state index is 6.29. The summed E-state index contributed by atoms with van der Waals surface area (Å²) in [6, 6.07) is 9.59. The zero-order valence-electron chi connectivity index (χ0n) is 12.7. The van der Waals surface area contributed by atoms with Gasteiger partial charge in [0, 0.05) is 29.6 Å². The highest BCUT2D eigenvalue weighted by molar-refractivity contribution is 9.10. The topological polar surface area (TPSA) is 32.5 Å². The number of nitrogens with zero attached hydrogens (tertiary/aromatic N) is 2. The molecular weight excluding hydrogens is 314 g/mol. The zero-order chi connectivity index (χ0) is 14.7. The van der Waals surface area contributed by atoms with Crippen LogP contribution in [0.5, 0.6) is 0 Å². The first-order valence-electron chi connectivity index (χ1n) is 7.41. The van der Waals surface area contributed by atoms with Crippen LogP contribution in [0.15, 0.2) is 28.7 Å². The van der Waals surface area contributed by atoms with Gasteiger partial charge < -0.3 is 10.6 Å². The van der Waals surface area contributed by atoms with Crippen molar-refractivity contribution in [2.75, 3.05) is 27.2 Å². The fourth-order valence-corrected chi connectivity index (χ4v) is 3.73. The molecule has 2 N–H and O–H groups in total. The summed E-state index contributed by atoms with van der Waals surface area (Å²) in [5.74, 6) is 0. The van der Waals surface area contributed by atoms with Gasteiger partial charge in [0.05, 0.1) is 6.04 Å². The number of hydrogen-bond acceptors (Lipinski definition) is 3. The van der Waals surface area contributed by atoms with E-state index >= 15 is 0 Å². The molecule has 1 aromatic carbocycles. The van der Waals surface area contributed by atoms with Crippen molar-refractivity contribution in [2.45, 2.75) is 37.9 Å². The average Bonchev–Trinajstić information content (AvgIpc) is 2.41. The van der Waals surface area contributed by atoms with Gasteiger partial charge in [-0.3, -0.25) is 4.90 Å². The van der Waals surface area contributed by atoms with Gasteiger partial charge >= 0.3 is 0 Å². The van der Waals surface area contributed by atoms with Crippen LogP contribution < -0.4 is 5.73 Å². The summed E-state index contributed by atoms with van der Waals surface area (Å²) in [7, 11) is 4.36. The third kappa shape index (κ3) is 3.61. The van der Waals surface area contributed by atoms with Crippen molar-refractivity contribution in [3.05, 3.63) is 34.3 Å². The predicted molar refractivity (Wildman–Crippen MR) is 88.8 cm³/mol. The van der Waals surface area contributed by atoms with Crippen LogP contribution >= 0.6 is 15.9 Å². The fourth-order valence-electron chi connectivity index (χ4n) is 3.21. The molecule has 0 spiro atoms. The van der Waals surface area contributed by atoms with Gasteiger partial charge in [-0.05, 0) is 45.5 Å². The second-order valence-corrected chi connectivity index (χ2v) is 6.91. The molecule has 2 atom stereocenters. The van der Waals surface area contributed by atoms with E-state index < -0.39 is 0 Å². The zero-order valence-corrected chi connectivity index (χ0v) is 14.3. The standard InChI is InChI=1S/C16H26BrN3/c1-12(18)16(14-6-4-5-7-15(14)17)20-10-8-13(9-11-20)19(2)3/h4-7,12-13,16H,8-11,18H2,1-3H3. The number of hydrogen-bond donors (Lipinski definition) is 1. The number of halogens is 1. The summed E-state index contributed by atoms with van der Waals surface area (Å²) in [5.41, 5.74) is 7.60. The summed E-state index contributed by atoms with van der Waals surface area (Å²) < 4.78 is 1.16. The molecule has 0 aliphatic carbocycles. The van der Waals surface area contributed by atoms with Crippen molar-refractivity contribution >= 4 is 15.9 Å². The van der Waals surface area contributed by atoms with Gasteiger partial charge in [-0.1, -0.05) is 34.1 Å². The van der Waals surface area contributed by atoms with Crippen molar-refractivity contribution in [1.82, 2.24) is 9.80 Å². The van der Waals surface area contributed by atoms with E-state index in [1.165, 1.54) is 18.4 Å². The van der Waals surface area contributed by atoms with Gasteiger partial charge in [0.1, 0.15) is 0 Å². The monoisotopic (exact) mass is 339 g/mol. The maximum Gasteiger partial charge on any atom is 0.0507 e. The van der Waals surface area contributed by atoms with E-state index in [1.807, 2.05) is 0 Å². The quantitative estimate of drug-likeness (QED) is 0.915. The van der Waals surface area contributed by atoms with E-state index in [9.17, 15) is 0 Å². The Morgan fingerprint density at radius 1 is 1.25 bits per heavy atom. The summed E-state index contributed by atoms with van der Waals surface area (Å²) >= 11 is 3.68. The van der Waals surface area contributed by atoms with Crippen LogP contribution in [0.2, 0.25) is 0 Å². The molecular formula is C16H26BrN3.